The Labute approximate surface area is 84.7 Å². The van der Waals surface area contributed by atoms with E-state index in [1.165, 1.54) is 0 Å². The molecule has 0 radical (unpaired) electrons. The molecule has 1 aromatic heterocycles. The molecule has 3 N–H and O–H groups in total. The molecule has 0 bridgehead atoms. The molecule has 1 rings (SSSR count). The van der Waals surface area contributed by atoms with Crippen molar-refractivity contribution in [2.24, 2.45) is 5.84 Å². The first kappa shape index (κ1) is 10.7. The zero-order valence-electron chi connectivity index (χ0n) is 8.54. The Balaban J connectivity index is 2.98. The third-order valence-electron chi connectivity index (χ3n) is 2.03. The number of pyridine rings is 1. The molecule has 3 heteroatoms. The summed E-state index contributed by atoms with van der Waals surface area (Å²) in [5.74, 6) is 8.02. The van der Waals surface area contributed by atoms with Crippen molar-refractivity contribution in [3.8, 4) is 12.3 Å². The van der Waals surface area contributed by atoms with E-state index in [1.807, 2.05) is 26.0 Å². The molecule has 1 aromatic rings. The van der Waals surface area contributed by atoms with Crippen molar-refractivity contribution in [1.29, 1.82) is 0 Å². The van der Waals surface area contributed by atoms with Crippen molar-refractivity contribution in [3.63, 3.8) is 0 Å². The van der Waals surface area contributed by atoms with Crippen LogP contribution < -0.4 is 11.3 Å². The molecule has 3 nitrogen and oxygen atoms in total. The van der Waals surface area contributed by atoms with Crippen LogP contribution in [0.3, 0.4) is 0 Å². The summed E-state index contributed by atoms with van der Waals surface area (Å²) in [5, 5.41) is 0. The Morgan fingerprint density at radius 2 is 2.07 bits per heavy atom. The number of nitrogens with zero attached hydrogens (tertiary/aromatic N) is 1. The zero-order valence-corrected chi connectivity index (χ0v) is 8.54. The van der Waals surface area contributed by atoms with Gasteiger partial charge in [-0.3, -0.25) is 16.3 Å². The van der Waals surface area contributed by atoms with Gasteiger partial charge in [0.05, 0.1) is 6.04 Å². The highest BCUT2D eigenvalue weighted by molar-refractivity contribution is 5.24. The number of hydrazine groups is 1. The molecule has 0 spiro atoms. The van der Waals surface area contributed by atoms with E-state index in [0.29, 0.717) is 6.42 Å². The maximum atomic E-state index is 5.43. The smallest absolute Gasteiger partial charge is 0.0570 e. The summed E-state index contributed by atoms with van der Waals surface area (Å²) in [6.07, 6.45) is 5.84. The van der Waals surface area contributed by atoms with Crippen molar-refractivity contribution < 1.29 is 0 Å². The molecule has 0 aliphatic rings. The number of hydrogen-bond acceptors (Lipinski definition) is 3. The number of aromatic nitrogens is 1. The van der Waals surface area contributed by atoms with Gasteiger partial charge in [-0.1, -0.05) is 0 Å². The lowest BCUT2D eigenvalue weighted by molar-refractivity contribution is 0.566. The third kappa shape index (κ3) is 2.56. The lowest BCUT2D eigenvalue weighted by Gasteiger charge is -2.14. The summed E-state index contributed by atoms with van der Waals surface area (Å²) < 4.78 is 0. The van der Waals surface area contributed by atoms with Gasteiger partial charge in [-0.2, -0.15) is 0 Å². The van der Waals surface area contributed by atoms with Gasteiger partial charge in [-0.25, -0.2) is 0 Å². The number of nitrogens with one attached hydrogen (secondary N) is 1. The van der Waals surface area contributed by atoms with Crippen LogP contribution in [0.2, 0.25) is 0 Å². The van der Waals surface area contributed by atoms with Crippen LogP contribution in [0.1, 0.15) is 29.4 Å². The quantitative estimate of drug-likeness (QED) is 0.427. The van der Waals surface area contributed by atoms with Crippen LogP contribution in [0.4, 0.5) is 0 Å². The van der Waals surface area contributed by atoms with E-state index in [0.717, 1.165) is 17.0 Å². The average molecular weight is 189 g/mol. The van der Waals surface area contributed by atoms with Gasteiger partial charge in [0.25, 0.3) is 0 Å². The summed E-state index contributed by atoms with van der Waals surface area (Å²) >= 11 is 0. The van der Waals surface area contributed by atoms with Crippen molar-refractivity contribution in [2.75, 3.05) is 0 Å². The SMILES string of the molecule is C#CCC(NN)c1cc(C)nc(C)c1. The molecule has 0 aromatic carbocycles. The Kier molecular flexibility index (Phi) is 3.63. The van der Waals surface area contributed by atoms with Crippen LogP contribution >= 0.6 is 0 Å². The van der Waals surface area contributed by atoms with Gasteiger partial charge in [0.1, 0.15) is 0 Å². The molecule has 0 aliphatic carbocycles. The van der Waals surface area contributed by atoms with Crippen LogP contribution in [0.25, 0.3) is 0 Å². The summed E-state index contributed by atoms with van der Waals surface area (Å²) in [7, 11) is 0. The fraction of sp³-hybridized carbons (Fsp3) is 0.364. The lowest BCUT2D eigenvalue weighted by Crippen LogP contribution is -2.27. The second kappa shape index (κ2) is 4.75. The standard InChI is InChI=1S/C11H15N3/c1-4-5-11(14-12)10-6-8(2)13-9(3)7-10/h1,6-7,11,14H,5,12H2,2-3H3. The van der Waals surface area contributed by atoms with E-state index in [2.05, 4.69) is 16.3 Å². The highest BCUT2D eigenvalue weighted by Crippen LogP contribution is 2.16. The van der Waals surface area contributed by atoms with Gasteiger partial charge < -0.3 is 0 Å². The van der Waals surface area contributed by atoms with E-state index in [-0.39, 0.29) is 6.04 Å². The van der Waals surface area contributed by atoms with E-state index in [1.54, 1.807) is 0 Å². The van der Waals surface area contributed by atoms with Crippen molar-refractivity contribution in [3.05, 3.63) is 29.1 Å². The molecule has 0 amide bonds. The fourth-order valence-electron chi connectivity index (χ4n) is 1.46. The molecular formula is C11H15N3. The minimum atomic E-state index is 0.0143. The predicted molar refractivity (Wildman–Crippen MR) is 57.2 cm³/mol. The molecule has 0 saturated carbocycles. The summed E-state index contributed by atoms with van der Waals surface area (Å²) in [6, 6.07) is 4.00. The van der Waals surface area contributed by atoms with E-state index in [9.17, 15) is 0 Å². The molecular weight excluding hydrogens is 174 g/mol. The third-order valence-corrected chi connectivity index (χ3v) is 2.03. The average Bonchev–Trinajstić information content (AvgIpc) is 2.12. The second-order valence-corrected chi connectivity index (χ2v) is 3.31. The first-order valence-electron chi connectivity index (χ1n) is 4.52. The largest absolute Gasteiger partial charge is 0.271 e. The second-order valence-electron chi connectivity index (χ2n) is 3.31. The number of nitrogens with two attached hydrogens (primary N) is 1. The van der Waals surface area contributed by atoms with Crippen LogP contribution in [0.15, 0.2) is 12.1 Å². The summed E-state index contributed by atoms with van der Waals surface area (Å²) in [4.78, 5) is 4.29. The van der Waals surface area contributed by atoms with Crippen molar-refractivity contribution in [2.45, 2.75) is 26.3 Å². The maximum Gasteiger partial charge on any atom is 0.0570 e. The van der Waals surface area contributed by atoms with Gasteiger partial charge >= 0.3 is 0 Å². The normalized spacial score (nSPS) is 12.1. The summed E-state index contributed by atoms with van der Waals surface area (Å²) in [5.41, 5.74) is 5.76. The van der Waals surface area contributed by atoms with E-state index in [4.69, 9.17) is 12.3 Å². The Morgan fingerprint density at radius 1 is 1.50 bits per heavy atom. The number of aryl methyl sites for hydroxylation is 2. The number of hydrogen-bond donors (Lipinski definition) is 2. The van der Waals surface area contributed by atoms with E-state index < -0.39 is 0 Å². The maximum absolute atomic E-state index is 5.43. The van der Waals surface area contributed by atoms with Gasteiger partial charge in [-0.15, -0.1) is 12.3 Å². The van der Waals surface area contributed by atoms with Gasteiger partial charge in [-0.05, 0) is 31.5 Å². The molecule has 0 aliphatic heterocycles. The fourth-order valence-corrected chi connectivity index (χ4v) is 1.46. The van der Waals surface area contributed by atoms with Crippen LogP contribution in [-0.4, -0.2) is 4.98 Å². The molecule has 1 heterocycles. The number of terminal acetylenes is 1. The molecule has 1 unspecified atom stereocenters. The zero-order chi connectivity index (χ0) is 10.6. The van der Waals surface area contributed by atoms with Gasteiger partial charge in [0, 0.05) is 17.8 Å². The molecule has 0 saturated heterocycles. The number of rotatable bonds is 3. The van der Waals surface area contributed by atoms with Crippen molar-refractivity contribution >= 4 is 0 Å². The van der Waals surface area contributed by atoms with Crippen LogP contribution in [0.5, 0.6) is 0 Å². The molecule has 14 heavy (non-hydrogen) atoms. The monoisotopic (exact) mass is 189 g/mol. The Hall–Kier alpha value is -1.37. The Morgan fingerprint density at radius 3 is 2.50 bits per heavy atom. The van der Waals surface area contributed by atoms with Crippen LogP contribution in [0, 0.1) is 26.2 Å². The first-order valence-corrected chi connectivity index (χ1v) is 4.52. The van der Waals surface area contributed by atoms with Crippen LogP contribution in [-0.2, 0) is 0 Å². The highest BCUT2D eigenvalue weighted by Gasteiger charge is 2.08. The Bertz CT molecular complexity index is 332. The predicted octanol–water partition coefficient (Wildman–Crippen LogP) is 1.23. The topological polar surface area (TPSA) is 50.9 Å². The van der Waals surface area contributed by atoms with Gasteiger partial charge in [0.2, 0.25) is 0 Å². The van der Waals surface area contributed by atoms with E-state index >= 15 is 0 Å². The first-order chi connectivity index (χ1) is 6.67. The minimum absolute atomic E-state index is 0.0143. The minimum Gasteiger partial charge on any atom is -0.271 e. The van der Waals surface area contributed by atoms with Crippen molar-refractivity contribution in [1.82, 2.24) is 10.4 Å². The lowest BCUT2D eigenvalue weighted by atomic mass is 10.0. The summed E-state index contributed by atoms with van der Waals surface area (Å²) in [6.45, 7) is 3.92. The van der Waals surface area contributed by atoms with Gasteiger partial charge in [0.15, 0.2) is 0 Å². The molecule has 1 atom stereocenters. The molecule has 74 valence electrons. The highest BCUT2D eigenvalue weighted by atomic mass is 15.2. The molecule has 0 fully saturated rings.